The zero-order valence-electron chi connectivity index (χ0n) is 11.8. The summed E-state index contributed by atoms with van der Waals surface area (Å²) in [6.07, 6.45) is 0. The number of thiazole rings is 1. The van der Waals surface area contributed by atoms with Gasteiger partial charge in [0.25, 0.3) is 0 Å². The third-order valence-electron chi connectivity index (χ3n) is 3.12. The van der Waals surface area contributed by atoms with Crippen molar-refractivity contribution in [1.29, 1.82) is 0 Å². The van der Waals surface area contributed by atoms with Crippen LogP contribution in [-0.2, 0) is 0 Å². The molecule has 0 spiro atoms. The van der Waals surface area contributed by atoms with Gasteiger partial charge in [0, 0.05) is 27.1 Å². The third kappa shape index (κ3) is 2.93. The standard InChI is InChI=1S/C16H12N4OS/c1-21-14-7-3-4-11(9-14)15-10-22-16(18-15)12-5-2-6-13(8-12)19-20-17/h2-10H,1H3. The molecular weight excluding hydrogens is 296 g/mol. The summed E-state index contributed by atoms with van der Waals surface area (Å²) in [4.78, 5) is 7.46. The average molecular weight is 308 g/mol. The fourth-order valence-electron chi connectivity index (χ4n) is 2.07. The molecule has 0 N–H and O–H groups in total. The summed E-state index contributed by atoms with van der Waals surface area (Å²) in [6.45, 7) is 0. The number of hydrogen-bond acceptors (Lipinski definition) is 4. The molecule has 0 saturated carbocycles. The second kappa shape index (κ2) is 6.30. The number of benzene rings is 2. The molecule has 0 radical (unpaired) electrons. The predicted octanol–water partition coefficient (Wildman–Crippen LogP) is 5.43. The van der Waals surface area contributed by atoms with Crippen molar-refractivity contribution in [1.82, 2.24) is 4.98 Å². The summed E-state index contributed by atoms with van der Waals surface area (Å²) in [6, 6.07) is 15.2. The molecular formula is C16H12N4OS. The number of nitrogens with zero attached hydrogens (tertiary/aromatic N) is 4. The largest absolute Gasteiger partial charge is 0.497 e. The van der Waals surface area contributed by atoms with Gasteiger partial charge in [-0.15, -0.1) is 11.3 Å². The summed E-state index contributed by atoms with van der Waals surface area (Å²) >= 11 is 1.55. The summed E-state index contributed by atoms with van der Waals surface area (Å²) < 4.78 is 5.24. The molecule has 0 amide bonds. The molecule has 0 aliphatic carbocycles. The van der Waals surface area contributed by atoms with Crippen LogP contribution in [0.2, 0.25) is 0 Å². The number of methoxy groups -OCH3 is 1. The first kappa shape index (κ1) is 14.1. The Morgan fingerprint density at radius 2 is 1.95 bits per heavy atom. The van der Waals surface area contributed by atoms with Gasteiger partial charge >= 0.3 is 0 Å². The first-order chi connectivity index (χ1) is 10.8. The second-order valence-electron chi connectivity index (χ2n) is 4.51. The van der Waals surface area contributed by atoms with Crippen LogP contribution in [0.25, 0.3) is 32.3 Å². The Kier molecular flexibility index (Phi) is 4.05. The first-order valence-corrected chi connectivity index (χ1v) is 7.43. The van der Waals surface area contributed by atoms with Gasteiger partial charge in [-0.3, -0.25) is 0 Å². The Morgan fingerprint density at radius 1 is 1.14 bits per heavy atom. The lowest BCUT2D eigenvalue weighted by atomic mass is 10.1. The normalized spacial score (nSPS) is 10.0. The first-order valence-electron chi connectivity index (χ1n) is 6.55. The van der Waals surface area contributed by atoms with E-state index in [4.69, 9.17) is 10.3 Å². The average Bonchev–Trinajstić information content (AvgIpc) is 3.06. The van der Waals surface area contributed by atoms with Gasteiger partial charge in [-0.25, -0.2) is 4.98 Å². The SMILES string of the molecule is COc1cccc(-c2csc(-c3cccc(N=[N+]=[N-])c3)n2)c1. The molecule has 108 valence electrons. The van der Waals surface area contributed by atoms with Crippen LogP contribution in [0.5, 0.6) is 5.75 Å². The molecule has 2 aromatic carbocycles. The van der Waals surface area contributed by atoms with Crippen LogP contribution in [0.1, 0.15) is 0 Å². The molecule has 1 aromatic heterocycles. The highest BCUT2D eigenvalue weighted by Gasteiger charge is 2.07. The summed E-state index contributed by atoms with van der Waals surface area (Å²) in [5.41, 5.74) is 11.9. The van der Waals surface area contributed by atoms with E-state index in [1.807, 2.05) is 47.8 Å². The van der Waals surface area contributed by atoms with Crippen LogP contribution in [0.3, 0.4) is 0 Å². The van der Waals surface area contributed by atoms with E-state index in [1.54, 1.807) is 24.5 Å². The van der Waals surface area contributed by atoms with Gasteiger partial charge in [0.05, 0.1) is 12.8 Å². The Balaban J connectivity index is 1.96. The molecule has 0 unspecified atom stereocenters. The van der Waals surface area contributed by atoms with Crippen molar-refractivity contribution in [3.05, 3.63) is 64.4 Å². The summed E-state index contributed by atoms with van der Waals surface area (Å²) in [5, 5.41) is 6.51. The fraction of sp³-hybridized carbons (Fsp3) is 0.0625. The second-order valence-corrected chi connectivity index (χ2v) is 5.37. The maximum atomic E-state index is 8.52. The van der Waals surface area contributed by atoms with E-state index in [9.17, 15) is 0 Å². The van der Waals surface area contributed by atoms with Crippen molar-refractivity contribution < 1.29 is 4.74 Å². The number of aromatic nitrogens is 1. The maximum absolute atomic E-state index is 8.52. The van der Waals surface area contributed by atoms with Gasteiger partial charge in [-0.1, -0.05) is 35.4 Å². The van der Waals surface area contributed by atoms with Gasteiger partial charge in [0.2, 0.25) is 0 Å². The molecule has 1 heterocycles. The van der Waals surface area contributed by atoms with E-state index in [2.05, 4.69) is 15.0 Å². The smallest absolute Gasteiger partial charge is 0.124 e. The van der Waals surface area contributed by atoms with Crippen LogP contribution in [0.15, 0.2) is 59.0 Å². The minimum Gasteiger partial charge on any atom is -0.497 e. The lowest BCUT2D eigenvalue weighted by Crippen LogP contribution is -1.84. The number of ether oxygens (including phenoxy) is 1. The highest BCUT2D eigenvalue weighted by atomic mass is 32.1. The van der Waals surface area contributed by atoms with Crippen LogP contribution in [0, 0.1) is 0 Å². The van der Waals surface area contributed by atoms with Gasteiger partial charge in [-0.05, 0) is 23.7 Å². The minimum absolute atomic E-state index is 0.582. The van der Waals surface area contributed by atoms with Gasteiger partial charge in [0.1, 0.15) is 10.8 Å². The summed E-state index contributed by atoms with van der Waals surface area (Å²) in [5.74, 6) is 0.803. The molecule has 22 heavy (non-hydrogen) atoms. The van der Waals surface area contributed by atoms with Gasteiger partial charge < -0.3 is 4.74 Å². The van der Waals surface area contributed by atoms with Crippen LogP contribution in [0.4, 0.5) is 5.69 Å². The zero-order chi connectivity index (χ0) is 15.4. The van der Waals surface area contributed by atoms with Gasteiger partial charge in [0.15, 0.2) is 0 Å². The number of azide groups is 1. The fourth-order valence-corrected chi connectivity index (χ4v) is 2.90. The van der Waals surface area contributed by atoms with Crippen molar-refractivity contribution in [2.75, 3.05) is 7.11 Å². The van der Waals surface area contributed by atoms with Crippen molar-refractivity contribution in [2.45, 2.75) is 0 Å². The van der Waals surface area contributed by atoms with Crippen molar-refractivity contribution >= 4 is 17.0 Å². The molecule has 5 nitrogen and oxygen atoms in total. The highest BCUT2D eigenvalue weighted by molar-refractivity contribution is 7.13. The topological polar surface area (TPSA) is 70.9 Å². The van der Waals surface area contributed by atoms with Crippen molar-refractivity contribution in [3.63, 3.8) is 0 Å². The molecule has 0 aliphatic heterocycles. The number of hydrogen-bond donors (Lipinski definition) is 0. The molecule has 0 fully saturated rings. The molecule has 3 rings (SSSR count). The maximum Gasteiger partial charge on any atom is 0.124 e. The lowest BCUT2D eigenvalue weighted by Gasteiger charge is -2.01. The van der Waals surface area contributed by atoms with E-state index < -0.39 is 0 Å². The van der Waals surface area contributed by atoms with Crippen LogP contribution < -0.4 is 4.74 Å². The predicted molar refractivity (Wildman–Crippen MR) is 88.3 cm³/mol. The molecule has 3 aromatic rings. The van der Waals surface area contributed by atoms with Crippen molar-refractivity contribution in [3.8, 4) is 27.6 Å². The molecule has 0 bridgehead atoms. The molecule has 0 atom stereocenters. The van der Waals surface area contributed by atoms with Gasteiger partial charge in [-0.2, -0.15) is 0 Å². The Hall–Kier alpha value is -2.82. The third-order valence-corrected chi connectivity index (χ3v) is 4.01. The Bertz CT molecular complexity index is 853. The van der Waals surface area contributed by atoms with E-state index in [0.29, 0.717) is 5.69 Å². The van der Waals surface area contributed by atoms with Crippen LogP contribution >= 0.6 is 11.3 Å². The minimum atomic E-state index is 0.582. The quantitative estimate of drug-likeness (QED) is 0.366. The molecule has 0 saturated heterocycles. The van der Waals surface area contributed by atoms with E-state index in [0.717, 1.165) is 27.6 Å². The number of rotatable bonds is 4. The monoisotopic (exact) mass is 308 g/mol. The molecule has 0 aliphatic rings. The summed E-state index contributed by atoms with van der Waals surface area (Å²) in [7, 11) is 1.65. The highest BCUT2D eigenvalue weighted by Crippen LogP contribution is 2.31. The van der Waals surface area contributed by atoms with E-state index in [-0.39, 0.29) is 0 Å². The zero-order valence-corrected chi connectivity index (χ0v) is 12.6. The van der Waals surface area contributed by atoms with Crippen LogP contribution in [-0.4, -0.2) is 12.1 Å². The molecule has 6 heteroatoms. The van der Waals surface area contributed by atoms with E-state index >= 15 is 0 Å². The lowest BCUT2D eigenvalue weighted by molar-refractivity contribution is 0.415. The van der Waals surface area contributed by atoms with Crippen molar-refractivity contribution in [2.24, 2.45) is 5.11 Å². The Morgan fingerprint density at radius 3 is 2.77 bits per heavy atom. The van der Waals surface area contributed by atoms with E-state index in [1.165, 1.54) is 0 Å². The Labute approximate surface area is 131 Å².